The molecule has 0 saturated carbocycles. The molecule has 1 N–H and O–H groups in total. The highest BCUT2D eigenvalue weighted by Crippen LogP contribution is 2.14. The summed E-state index contributed by atoms with van der Waals surface area (Å²) in [5, 5.41) is 0. The first-order valence-corrected chi connectivity index (χ1v) is 10.6. The zero-order chi connectivity index (χ0) is 19.2. The van der Waals surface area contributed by atoms with E-state index in [9.17, 15) is 13.2 Å². The maximum absolute atomic E-state index is 12.7. The molecule has 0 aliphatic carbocycles. The van der Waals surface area contributed by atoms with Crippen molar-refractivity contribution >= 4 is 15.9 Å². The number of piperazine rings is 1. The van der Waals surface area contributed by atoms with Gasteiger partial charge in [0.15, 0.2) is 0 Å². The van der Waals surface area contributed by atoms with Gasteiger partial charge in [-0.15, -0.1) is 0 Å². The normalized spacial score (nSPS) is 16.2. The number of hydrogen-bond acceptors (Lipinski definition) is 5. The van der Waals surface area contributed by atoms with Gasteiger partial charge >= 0.3 is 0 Å². The Balaban J connectivity index is 2.01. The lowest BCUT2D eigenvalue weighted by Gasteiger charge is -2.34. The molecule has 0 aromatic heterocycles. The van der Waals surface area contributed by atoms with Gasteiger partial charge in [-0.05, 0) is 51.8 Å². The number of carbonyl (C=O) groups excluding carboxylic acids is 1. The summed E-state index contributed by atoms with van der Waals surface area (Å²) in [5.74, 6) is -0.106. The maximum atomic E-state index is 12.7. The van der Waals surface area contributed by atoms with Crippen molar-refractivity contribution in [3.8, 4) is 0 Å². The Bertz CT molecular complexity index is 698. The van der Waals surface area contributed by atoms with Crippen molar-refractivity contribution in [2.75, 3.05) is 59.9 Å². The van der Waals surface area contributed by atoms with Crippen molar-refractivity contribution in [1.29, 1.82) is 0 Å². The van der Waals surface area contributed by atoms with Gasteiger partial charge in [-0.2, -0.15) is 0 Å². The molecule has 1 heterocycles. The highest BCUT2D eigenvalue weighted by molar-refractivity contribution is 7.89. The molecular weight excluding hydrogens is 352 g/mol. The minimum absolute atomic E-state index is 0.106. The molecular formula is C18H30N4O3S. The predicted molar refractivity (Wildman–Crippen MR) is 103 cm³/mol. The Morgan fingerprint density at radius 3 is 2.50 bits per heavy atom. The Morgan fingerprint density at radius 1 is 1.19 bits per heavy atom. The number of carbonyl (C=O) groups is 1. The summed E-state index contributed by atoms with van der Waals surface area (Å²) in [4.78, 5) is 18.9. The highest BCUT2D eigenvalue weighted by Gasteiger charge is 2.23. The lowest BCUT2D eigenvalue weighted by Crippen LogP contribution is -2.48. The molecule has 1 amide bonds. The zero-order valence-corrected chi connectivity index (χ0v) is 16.8. The van der Waals surface area contributed by atoms with E-state index in [1.165, 1.54) is 12.1 Å². The van der Waals surface area contributed by atoms with Crippen LogP contribution in [0.15, 0.2) is 29.2 Å². The molecule has 1 aromatic rings. The number of amides is 1. The van der Waals surface area contributed by atoms with Gasteiger partial charge in [0.2, 0.25) is 10.0 Å². The van der Waals surface area contributed by atoms with E-state index in [1.807, 2.05) is 19.0 Å². The third-order valence-electron chi connectivity index (χ3n) is 4.57. The topological polar surface area (TPSA) is 73.0 Å². The second-order valence-corrected chi connectivity index (χ2v) is 8.58. The van der Waals surface area contributed by atoms with E-state index in [0.717, 1.165) is 32.6 Å². The first-order valence-electron chi connectivity index (χ1n) is 9.09. The van der Waals surface area contributed by atoms with Crippen LogP contribution in [0.2, 0.25) is 0 Å². The van der Waals surface area contributed by atoms with Crippen LogP contribution < -0.4 is 4.72 Å². The minimum atomic E-state index is -3.61. The largest absolute Gasteiger partial charge is 0.336 e. The second-order valence-electron chi connectivity index (χ2n) is 6.81. The molecule has 1 aromatic carbocycles. The number of hydrogen-bond donors (Lipinski definition) is 1. The smallest absolute Gasteiger partial charge is 0.253 e. The Kier molecular flexibility index (Phi) is 7.57. The third kappa shape index (κ3) is 5.77. The minimum Gasteiger partial charge on any atom is -0.336 e. The number of rotatable bonds is 8. The van der Waals surface area contributed by atoms with Crippen LogP contribution in [0.3, 0.4) is 0 Å². The molecule has 1 saturated heterocycles. The Hall–Kier alpha value is -1.48. The number of sulfonamides is 1. The molecule has 0 spiro atoms. The van der Waals surface area contributed by atoms with Crippen LogP contribution in [0.4, 0.5) is 0 Å². The lowest BCUT2D eigenvalue weighted by atomic mass is 10.2. The molecule has 26 heavy (non-hydrogen) atoms. The van der Waals surface area contributed by atoms with Gasteiger partial charge in [0.1, 0.15) is 0 Å². The van der Waals surface area contributed by atoms with Crippen LogP contribution in [0.1, 0.15) is 23.7 Å². The summed E-state index contributed by atoms with van der Waals surface area (Å²) < 4.78 is 27.5. The molecule has 0 bridgehead atoms. The summed E-state index contributed by atoms with van der Waals surface area (Å²) in [6, 6.07) is 6.31. The van der Waals surface area contributed by atoms with Crippen LogP contribution in [0, 0.1) is 0 Å². The second kappa shape index (κ2) is 9.45. The fourth-order valence-electron chi connectivity index (χ4n) is 2.93. The average molecular weight is 383 g/mol. The van der Waals surface area contributed by atoms with Gasteiger partial charge in [0.05, 0.1) is 4.90 Å². The van der Waals surface area contributed by atoms with E-state index in [4.69, 9.17) is 0 Å². The maximum Gasteiger partial charge on any atom is 0.253 e. The molecule has 0 atom stereocenters. The van der Waals surface area contributed by atoms with E-state index in [2.05, 4.69) is 16.5 Å². The highest BCUT2D eigenvalue weighted by atomic mass is 32.2. The van der Waals surface area contributed by atoms with Crippen molar-refractivity contribution < 1.29 is 13.2 Å². The molecule has 7 nitrogen and oxygen atoms in total. The third-order valence-corrected chi connectivity index (χ3v) is 6.03. The van der Waals surface area contributed by atoms with Gasteiger partial charge in [-0.1, -0.05) is 13.0 Å². The molecule has 8 heteroatoms. The fourth-order valence-corrected chi connectivity index (χ4v) is 4.05. The average Bonchev–Trinajstić information content (AvgIpc) is 2.65. The lowest BCUT2D eigenvalue weighted by molar-refractivity contribution is 0.0643. The quantitative estimate of drug-likeness (QED) is 0.670. The fraction of sp³-hybridized carbons (Fsp3) is 0.611. The van der Waals surface area contributed by atoms with Gasteiger partial charge < -0.3 is 14.7 Å². The molecule has 1 fully saturated rings. The van der Waals surface area contributed by atoms with Crippen molar-refractivity contribution in [3.63, 3.8) is 0 Å². The van der Waals surface area contributed by atoms with Gasteiger partial charge in [0, 0.05) is 38.3 Å². The Morgan fingerprint density at radius 2 is 1.88 bits per heavy atom. The van der Waals surface area contributed by atoms with Crippen molar-refractivity contribution in [1.82, 2.24) is 19.4 Å². The summed E-state index contributed by atoms with van der Waals surface area (Å²) in [5.41, 5.74) is 0.422. The molecule has 0 unspecified atom stereocenters. The zero-order valence-electron chi connectivity index (χ0n) is 15.9. The van der Waals surface area contributed by atoms with Crippen LogP contribution in [-0.2, 0) is 10.0 Å². The summed E-state index contributed by atoms with van der Waals surface area (Å²) in [6.45, 7) is 7.33. The molecule has 0 radical (unpaired) electrons. The van der Waals surface area contributed by atoms with Crippen LogP contribution >= 0.6 is 0 Å². The number of nitrogens with zero attached hydrogens (tertiary/aromatic N) is 3. The predicted octanol–water partition coefficient (Wildman–Crippen LogP) is 0.694. The summed E-state index contributed by atoms with van der Waals surface area (Å²) >= 11 is 0. The number of nitrogens with one attached hydrogen (secondary N) is 1. The SMILES string of the molecule is CCN1CCN(C(=O)c2cccc(S(=O)(=O)NCCCN(C)C)c2)CC1. The van der Waals surface area contributed by atoms with E-state index in [-0.39, 0.29) is 10.8 Å². The van der Waals surface area contributed by atoms with Gasteiger partial charge in [0.25, 0.3) is 5.91 Å². The van der Waals surface area contributed by atoms with Gasteiger partial charge in [-0.25, -0.2) is 13.1 Å². The standard InChI is InChI=1S/C18H30N4O3S/c1-4-21-11-13-22(14-12-21)18(23)16-7-5-8-17(15-16)26(24,25)19-9-6-10-20(2)3/h5,7-8,15,19H,4,6,9-14H2,1-3H3. The number of likely N-dealkylation sites (N-methyl/N-ethyl adjacent to an activating group) is 1. The van der Waals surface area contributed by atoms with Crippen molar-refractivity contribution in [3.05, 3.63) is 29.8 Å². The Labute approximate surface area is 157 Å². The van der Waals surface area contributed by atoms with Gasteiger partial charge in [-0.3, -0.25) is 4.79 Å². The van der Waals surface area contributed by atoms with E-state index in [1.54, 1.807) is 17.0 Å². The molecule has 1 aliphatic heterocycles. The monoisotopic (exact) mass is 382 g/mol. The molecule has 146 valence electrons. The van der Waals surface area contributed by atoms with E-state index < -0.39 is 10.0 Å². The number of benzene rings is 1. The summed E-state index contributed by atoms with van der Waals surface area (Å²) in [7, 11) is 0.291. The molecule has 1 aliphatic rings. The van der Waals surface area contributed by atoms with E-state index in [0.29, 0.717) is 25.2 Å². The van der Waals surface area contributed by atoms with Crippen LogP contribution in [-0.4, -0.2) is 88.9 Å². The van der Waals surface area contributed by atoms with Crippen molar-refractivity contribution in [2.45, 2.75) is 18.2 Å². The van der Waals surface area contributed by atoms with Crippen molar-refractivity contribution in [2.24, 2.45) is 0 Å². The first-order chi connectivity index (χ1) is 12.3. The van der Waals surface area contributed by atoms with Crippen LogP contribution in [0.5, 0.6) is 0 Å². The first kappa shape index (κ1) is 20.8. The van der Waals surface area contributed by atoms with E-state index >= 15 is 0 Å². The molecule has 2 rings (SSSR count). The summed E-state index contributed by atoms with van der Waals surface area (Å²) in [6.07, 6.45) is 0.729. The van der Waals surface area contributed by atoms with Crippen LogP contribution in [0.25, 0.3) is 0 Å².